The van der Waals surface area contributed by atoms with Crippen LogP contribution in [0, 0.1) is 6.92 Å². The second-order valence-electron chi connectivity index (χ2n) is 7.98. The van der Waals surface area contributed by atoms with E-state index in [1.165, 1.54) is 45.2 Å². The summed E-state index contributed by atoms with van der Waals surface area (Å²) in [5.74, 6) is 0.880. The third-order valence-electron chi connectivity index (χ3n) is 6.28. The highest BCUT2D eigenvalue weighted by atomic mass is 16.3. The lowest BCUT2D eigenvalue weighted by molar-refractivity contribution is 0.0278. The van der Waals surface area contributed by atoms with E-state index in [0.29, 0.717) is 23.7 Å². The third-order valence-corrected chi connectivity index (χ3v) is 6.28. The molecule has 0 bridgehead atoms. The van der Waals surface area contributed by atoms with Crippen molar-refractivity contribution >= 4 is 5.91 Å². The van der Waals surface area contributed by atoms with Crippen LogP contribution in [0.1, 0.15) is 54.6 Å². The van der Waals surface area contributed by atoms with Gasteiger partial charge in [-0.15, -0.1) is 0 Å². The molecule has 1 saturated heterocycles. The van der Waals surface area contributed by atoms with Crippen LogP contribution in [-0.2, 0) is 0 Å². The number of carbonyl (C=O) groups excluding carboxylic acids is 1. The molecule has 0 unspecified atom stereocenters. The van der Waals surface area contributed by atoms with Crippen LogP contribution >= 0.6 is 0 Å². The number of likely N-dealkylation sites (tertiary alicyclic amines) is 1. The fraction of sp³-hybridized carbons (Fsp3) is 0.750. The lowest BCUT2D eigenvalue weighted by Crippen LogP contribution is -2.56. The first-order chi connectivity index (χ1) is 12.0. The summed E-state index contributed by atoms with van der Waals surface area (Å²) in [4.78, 5) is 19.9. The van der Waals surface area contributed by atoms with Crippen LogP contribution in [0.5, 0.6) is 0 Å². The molecule has 1 amide bonds. The summed E-state index contributed by atoms with van der Waals surface area (Å²) in [5, 5.41) is 0. The molecule has 2 aliphatic rings. The van der Waals surface area contributed by atoms with Crippen molar-refractivity contribution in [3.63, 3.8) is 0 Å². The molecular weight excluding hydrogens is 314 g/mol. The lowest BCUT2D eigenvalue weighted by atomic mass is 9.86. The molecule has 1 aromatic heterocycles. The van der Waals surface area contributed by atoms with Crippen molar-refractivity contribution in [2.24, 2.45) is 0 Å². The molecule has 1 aliphatic heterocycles. The van der Waals surface area contributed by atoms with Crippen molar-refractivity contribution in [1.29, 1.82) is 0 Å². The Bertz CT molecular complexity index is 577. The van der Waals surface area contributed by atoms with Crippen LogP contribution in [0.2, 0.25) is 0 Å². The number of hydrogen-bond acceptors (Lipinski definition) is 4. The second kappa shape index (κ2) is 7.92. The Morgan fingerprint density at radius 3 is 2.36 bits per heavy atom. The Balaban J connectivity index is 1.70. The van der Waals surface area contributed by atoms with Crippen molar-refractivity contribution in [2.75, 3.05) is 34.2 Å². The first-order valence-corrected chi connectivity index (χ1v) is 9.70. The molecule has 5 heteroatoms. The minimum absolute atomic E-state index is 0.0885. The highest BCUT2D eigenvalue weighted by molar-refractivity contribution is 5.94. The van der Waals surface area contributed by atoms with Gasteiger partial charge in [0.1, 0.15) is 12.0 Å². The Kier molecular flexibility index (Phi) is 5.85. The normalized spacial score (nSPS) is 26.1. The van der Waals surface area contributed by atoms with E-state index in [2.05, 4.69) is 23.9 Å². The highest BCUT2D eigenvalue weighted by Crippen LogP contribution is 2.30. The molecule has 0 N–H and O–H groups in total. The molecule has 0 spiro atoms. The van der Waals surface area contributed by atoms with Crippen LogP contribution in [0.15, 0.2) is 16.7 Å². The summed E-state index contributed by atoms with van der Waals surface area (Å²) >= 11 is 0. The monoisotopic (exact) mass is 347 g/mol. The predicted molar refractivity (Wildman–Crippen MR) is 99.9 cm³/mol. The van der Waals surface area contributed by atoms with Crippen LogP contribution in [0.25, 0.3) is 0 Å². The number of furan rings is 1. The maximum atomic E-state index is 12.9. The first kappa shape index (κ1) is 18.5. The standard InChI is InChI=1S/C20H33N3O2/c1-15-13-16(14-25-15)20(24)23(4)19-8-6-5-7-18(19)22(3)17-9-11-21(2)12-10-17/h13-14,17-19H,5-12H2,1-4H3/t18-,19-/m0/s1. The van der Waals surface area contributed by atoms with Crippen molar-refractivity contribution in [2.45, 2.75) is 63.6 Å². The molecule has 2 heterocycles. The van der Waals surface area contributed by atoms with E-state index in [4.69, 9.17) is 4.42 Å². The van der Waals surface area contributed by atoms with Crippen LogP contribution < -0.4 is 0 Å². The molecule has 1 saturated carbocycles. The molecule has 0 radical (unpaired) electrons. The number of likely N-dealkylation sites (N-methyl/N-ethyl adjacent to an activating group) is 2. The van der Waals surface area contributed by atoms with Crippen molar-refractivity contribution < 1.29 is 9.21 Å². The Labute approximate surface area is 151 Å². The number of aryl methyl sites for hydroxylation is 1. The van der Waals surface area contributed by atoms with Gasteiger partial charge >= 0.3 is 0 Å². The molecule has 1 aromatic rings. The fourth-order valence-corrected chi connectivity index (χ4v) is 4.60. The number of nitrogens with zero attached hydrogens (tertiary/aromatic N) is 3. The smallest absolute Gasteiger partial charge is 0.257 e. The maximum Gasteiger partial charge on any atom is 0.257 e. The Hall–Kier alpha value is -1.33. The van der Waals surface area contributed by atoms with Gasteiger partial charge in [0.05, 0.1) is 5.56 Å². The van der Waals surface area contributed by atoms with Gasteiger partial charge in [-0.25, -0.2) is 0 Å². The van der Waals surface area contributed by atoms with Gasteiger partial charge in [0.2, 0.25) is 0 Å². The van der Waals surface area contributed by atoms with Crippen LogP contribution in [0.3, 0.4) is 0 Å². The van der Waals surface area contributed by atoms with Gasteiger partial charge in [0, 0.05) is 25.2 Å². The quantitative estimate of drug-likeness (QED) is 0.839. The lowest BCUT2D eigenvalue weighted by Gasteiger charge is -2.46. The highest BCUT2D eigenvalue weighted by Gasteiger charge is 2.36. The van der Waals surface area contributed by atoms with Gasteiger partial charge in [0.15, 0.2) is 0 Å². The second-order valence-corrected chi connectivity index (χ2v) is 7.98. The van der Waals surface area contributed by atoms with Gasteiger partial charge in [-0.1, -0.05) is 12.8 Å². The molecule has 3 rings (SSSR count). The van der Waals surface area contributed by atoms with E-state index in [1.54, 1.807) is 6.26 Å². The van der Waals surface area contributed by atoms with Crippen LogP contribution in [0.4, 0.5) is 0 Å². The molecule has 5 nitrogen and oxygen atoms in total. The van der Waals surface area contributed by atoms with E-state index < -0.39 is 0 Å². The van der Waals surface area contributed by atoms with Gasteiger partial charge in [-0.2, -0.15) is 0 Å². The zero-order valence-corrected chi connectivity index (χ0v) is 16.2. The van der Waals surface area contributed by atoms with Crippen molar-refractivity contribution in [3.05, 3.63) is 23.7 Å². The fourth-order valence-electron chi connectivity index (χ4n) is 4.60. The minimum Gasteiger partial charge on any atom is -0.469 e. The molecule has 25 heavy (non-hydrogen) atoms. The number of amides is 1. The van der Waals surface area contributed by atoms with Gasteiger partial charge in [-0.05, 0) is 65.9 Å². The average Bonchev–Trinajstić information content (AvgIpc) is 3.07. The summed E-state index contributed by atoms with van der Waals surface area (Å²) in [6.07, 6.45) is 8.82. The molecular formula is C20H33N3O2. The minimum atomic E-state index is 0.0885. The topological polar surface area (TPSA) is 39.9 Å². The van der Waals surface area contributed by atoms with Crippen LogP contribution in [-0.4, -0.2) is 73.0 Å². The number of carbonyl (C=O) groups is 1. The maximum absolute atomic E-state index is 12.9. The summed E-state index contributed by atoms with van der Waals surface area (Å²) in [6, 6.07) is 3.24. The Morgan fingerprint density at radius 2 is 1.76 bits per heavy atom. The molecule has 140 valence electrons. The molecule has 0 aromatic carbocycles. The van der Waals surface area contributed by atoms with Gasteiger partial charge in [-0.3, -0.25) is 9.69 Å². The van der Waals surface area contributed by atoms with Gasteiger partial charge in [0.25, 0.3) is 5.91 Å². The summed E-state index contributed by atoms with van der Waals surface area (Å²) in [5.41, 5.74) is 0.672. The summed E-state index contributed by atoms with van der Waals surface area (Å²) in [6.45, 7) is 4.24. The van der Waals surface area contributed by atoms with E-state index in [1.807, 2.05) is 24.9 Å². The largest absolute Gasteiger partial charge is 0.469 e. The zero-order valence-electron chi connectivity index (χ0n) is 16.2. The zero-order chi connectivity index (χ0) is 18.0. The molecule has 2 atom stereocenters. The summed E-state index contributed by atoms with van der Waals surface area (Å²) < 4.78 is 5.34. The number of piperidine rings is 1. The average molecular weight is 348 g/mol. The number of rotatable bonds is 4. The van der Waals surface area contributed by atoms with E-state index in [0.717, 1.165) is 12.2 Å². The van der Waals surface area contributed by atoms with Crippen molar-refractivity contribution in [3.8, 4) is 0 Å². The first-order valence-electron chi connectivity index (χ1n) is 9.70. The van der Waals surface area contributed by atoms with E-state index >= 15 is 0 Å². The van der Waals surface area contributed by atoms with Crippen molar-refractivity contribution in [1.82, 2.24) is 14.7 Å². The third kappa shape index (κ3) is 4.09. The van der Waals surface area contributed by atoms with E-state index in [9.17, 15) is 4.79 Å². The van der Waals surface area contributed by atoms with Gasteiger partial charge < -0.3 is 14.2 Å². The Morgan fingerprint density at radius 1 is 1.12 bits per heavy atom. The molecule has 2 fully saturated rings. The summed E-state index contributed by atoms with van der Waals surface area (Å²) in [7, 11) is 6.45. The SMILES string of the molecule is Cc1cc(C(=O)N(C)[C@H]2CCCC[C@@H]2N(C)C2CCN(C)CC2)co1. The van der Waals surface area contributed by atoms with E-state index in [-0.39, 0.29) is 5.91 Å². The molecule has 1 aliphatic carbocycles. The predicted octanol–water partition coefficient (Wildman–Crippen LogP) is 3.00. The number of hydrogen-bond donors (Lipinski definition) is 0.